The van der Waals surface area contributed by atoms with E-state index in [2.05, 4.69) is 4.90 Å². The van der Waals surface area contributed by atoms with Gasteiger partial charge in [-0.15, -0.1) is 0 Å². The van der Waals surface area contributed by atoms with E-state index in [0.29, 0.717) is 6.04 Å². The molecule has 98 valence electrons. The summed E-state index contributed by atoms with van der Waals surface area (Å²) in [7, 11) is 0. The van der Waals surface area contributed by atoms with Crippen LogP contribution in [0.3, 0.4) is 0 Å². The van der Waals surface area contributed by atoms with Crippen molar-refractivity contribution in [3.05, 3.63) is 0 Å². The molecule has 3 aliphatic rings. The second-order valence-electron chi connectivity index (χ2n) is 6.79. The average molecular weight is 236 g/mol. The number of nitrogens with two attached hydrogens (primary N) is 1. The number of hydrogen-bond acceptors (Lipinski definition) is 2. The monoisotopic (exact) mass is 236 g/mol. The predicted molar refractivity (Wildman–Crippen MR) is 71.9 cm³/mol. The van der Waals surface area contributed by atoms with Crippen molar-refractivity contribution >= 4 is 0 Å². The summed E-state index contributed by atoms with van der Waals surface area (Å²) >= 11 is 0. The van der Waals surface area contributed by atoms with Gasteiger partial charge in [0.25, 0.3) is 0 Å². The van der Waals surface area contributed by atoms with Crippen LogP contribution in [0.5, 0.6) is 0 Å². The highest BCUT2D eigenvalue weighted by Gasteiger charge is 2.38. The average Bonchev–Trinajstić information content (AvgIpc) is 2.92. The maximum Gasteiger partial charge on any atom is 0.0170 e. The minimum absolute atomic E-state index is 0.442. The maximum absolute atomic E-state index is 6.37. The number of hydrogen-bond donors (Lipinski definition) is 1. The van der Waals surface area contributed by atoms with Crippen molar-refractivity contribution in [3.8, 4) is 0 Å². The Morgan fingerprint density at radius 1 is 1.06 bits per heavy atom. The minimum Gasteiger partial charge on any atom is -0.327 e. The number of likely N-dealkylation sites (tertiary alicyclic amines) is 1. The van der Waals surface area contributed by atoms with Crippen LogP contribution in [0.15, 0.2) is 0 Å². The van der Waals surface area contributed by atoms with E-state index in [4.69, 9.17) is 5.73 Å². The topological polar surface area (TPSA) is 29.3 Å². The molecule has 2 heteroatoms. The zero-order chi connectivity index (χ0) is 11.7. The molecule has 1 heterocycles. The van der Waals surface area contributed by atoms with Gasteiger partial charge in [-0.25, -0.2) is 0 Å². The van der Waals surface area contributed by atoms with Gasteiger partial charge in [-0.2, -0.15) is 0 Å². The number of piperidine rings is 1. The summed E-state index contributed by atoms with van der Waals surface area (Å²) in [5.41, 5.74) is 6.37. The molecule has 2 bridgehead atoms. The molecule has 2 nitrogen and oxygen atoms in total. The summed E-state index contributed by atoms with van der Waals surface area (Å²) in [5, 5.41) is 0. The van der Waals surface area contributed by atoms with Crippen LogP contribution in [0.1, 0.15) is 57.8 Å². The van der Waals surface area contributed by atoms with Gasteiger partial charge in [0.05, 0.1) is 0 Å². The fraction of sp³-hybridized carbons (Fsp3) is 1.00. The molecule has 2 N–H and O–H groups in total. The molecule has 2 saturated carbocycles. The van der Waals surface area contributed by atoms with Gasteiger partial charge in [-0.3, -0.25) is 4.90 Å². The fourth-order valence-electron chi connectivity index (χ4n) is 4.48. The molecule has 1 saturated heterocycles. The van der Waals surface area contributed by atoms with E-state index in [-0.39, 0.29) is 0 Å². The van der Waals surface area contributed by atoms with E-state index >= 15 is 0 Å². The van der Waals surface area contributed by atoms with Crippen LogP contribution in [-0.4, -0.2) is 30.1 Å². The molecule has 3 atom stereocenters. The van der Waals surface area contributed by atoms with Crippen molar-refractivity contribution in [2.24, 2.45) is 17.6 Å². The molecule has 0 spiro atoms. The normalized spacial score (nSPS) is 36.5. The van der Waals surface area contributed by atoms with Crippen LogP contribution in [-0.2, 0) is 0 Å². The van der Waals surface area contributed by atoms with Gasteiger partial charge in [0, 0.05) is 25.2 Å². The van der Waals surface area contributed by atoms with Gasteiger partial charge < -0.3 is 5.73 Å². The first-order chi connectivity index (χ1) is 8.31. The third kappa shape index (κ3) is 2.85. The Balaban J connectivity index is 1.42. The first-order valence-corrected chi connectivity index (χ1v) is 7.81. The molecular formula is C15H28N2. The Hall–Kier alpha value is -0.0800. The van der Waals surface area contributed by atoms with E-state index in [0.717, 1.165) is 17.9 Å². The molecule has 0 aromatic carbocycles. The molecule has 2 aliphatic carbocycles. The zero-order valence-corrected chi connectivity index (χ0v) is 11.1. The van der Waals surface area contributed by atoms with E-state index in [1.54, 1.807) is 0 Å². The molecule has 3 unspecified atom stereocenters. The summed E-state index contributed by atoms with van der Waals surface area (Å²) < 4.78 is 0. The zero-order valence-electron chi connectivity index (χ0n) is 11.1. The van der Waals surface area contributed by atoms with Crippen LogP contribution in [0.4, 0.5) is 0 Å². The smallest absolute Gasteiger partial charge is 0.0170 e. The largest absolute Gasteiger partial charge is 0.327 e. The highest BCUT2D eigenvalue weighted by atomic mass is 15.2. The highest BCUT2D eigenvalue weighted by molar-refractivity contribution is 4.93. The first-order valence-electron chi connectivity index (χ1n) is 7.81. The SMILES string of the molecule is NC(CC1CCCCC1)CN1CC2CCC1C2. The summed E-state index contributed by atoms with van der Waals surface area (Å²) in [6.45, 7) is 2.53. The van der Waals surface area contributed by atoms with E-state index < -0.39 is 0 Å². The Bertz CT molecular complexity index is 247. The highest BCUT2D eigenvalue weighted by Crippen LogP contribution is 2.37. The number of nitrogens with zero attached hydrogens (tertiary/aromatic N) is 1. The van der Waals surface area contributed by atoms with Gasteiger partial charge >= 0.3 is 0 Å². The van der Waals surface area contributed by atoms with Crippen molar-refractivity contribution in [2.75, 3.05) is 13.1 Å². The molecule has 0 radical (unpaired) electrons. The summed E-state index contributed by atoms with van der Waals surface area (Å²) in [6.07, 6.45) is 12.9. The molecule has 17 heavy (non-hydrogen) atoms. The van der Waals surface area contributed by atoms with E-state index in [1.807, 2.05) is 0 Å². The van der Waals surface area contributed by atoms with Crippen LogP contribution >= 0.6 is 0 Å². The van der Waals surface area contributed by atoms with Crippen molar-refractivity contribution in [1.29, 1.82) is 0 Å². The van der Waals surface area contributed by atoms with Gasteiger partial charge in [0.1, 0.15) is 0 Å². The molecular weight excluding hydrogens is 208 g/mol. The Morgan fingerprint density at radius 2 is 1.88 bits per heavy atom. The standard InChI is InChI=1S/C15H28N2/c16-14(8-12-4-2-1-3-5-12)11-17-10-13-6-7-15(17)9-13/h12-15H,1-11,16H2. The van der Waals surface area contributed by atoms with Gasteiger partial charge in [0.15, 0.2) is 0 Å². The molecule has 0 aromatic heterocycles. The van der Waals surface area contributed by atoms with Crippen LogP contribution < -0.4 is 5.73 Å². The van der Waals surface area contributed by atoms with E-state index in [1.165, 1.54) is 70.9 Å². The Morgan fingerprint density at radius 3 is 2.53 bits per heavy atom. The van der Waals surface area contributed by atoms with E-state index in [9.17, 15) is 0 Å². The fourth-order valence-corrected chi connectivity index (χ4v) is 4.48. The second kappa shape index (κ2) is 5.27. The lowest BCUT2D eigenvalue weighted by atomic mass is 9.85. The third-order valence-electron chi connectivity index (χ3n) is 5.35. The minimum atomic E-state index is 0.442. The summed E-state index contributed by atoms with van der Waals surface area (Å²) in [4.78, 5) is 2.70. The van der Waals surface area contributed by atoms with Crippen molar-refractivity contribution in [2.45, 2.75) is 69.9 Å². The van der Waals surface area contributed by atoms with Crippen LogP contribution in [0.25, 0.3) is 0 Å². The van der Waals surface area contributed by atoms with Gasteiger partial charge in [-0.1, -0.05) is 32.1 Å². The van der Waals surface area contributed by atoms with Crippen molar-refractivity contribution < 1.29 is 0 Å². The molecule has 3 rings (SSSR count). The lowest BCUT2D eigenvalue weighted by molar-refractivity contribution is 0.187. The van der Waals surface area contributed by atoms with Crippen LogP contribution in [0.2, 0.25) is 0 Å². The molecule has 0 aromatic rings. The van der Waals surface area contributed by atoms with Gasteiger partial charge in [0.2, 0.25) is 0 Å². The second-order valence-corrected chi connectivity index (χ2v) is 6.79. The van der Waals surface area contributed by atoms with Crippen molar-refractivity contribution in [1.82, 2.24) is 4.90 Å². The van der Waals surface area contributed by atoms with Gasteiger partial charge in [-0.05, 0) is 37.5 Å². The quantitative estimate of drug-likeness (QED) is 0.813. The molecule has 3 fully saturated rings. The first kappa shape index (κ1) is 12.0. The lowest BCUT2D eigenvalue weighted by Gasteiger charge is -2.31. The predicted octanol–water partition coefficient (Wildman–Crippen LogP) is 2.77. The van der Waals surface area contributed by atoms with Crippen LogP contribution in [0, 0.1) is 11.8 Å². The number of rotatable bonds is 4. The Labute approximate surface area is 106 Å². The summed E-state index contributed by atoms with van der Waals surface area (Å²) in [5.74, 6) is 1.96. The molecule has 1 aliphatic heterocycles. The van der Waals surface area contributed by atoms with Crippen molar-refractivity contribution in [3.63, 3.8) is 0 Å². The third-order valence-corrected chi connectivity index (χ3v) is 5.35. The summed E-state index contributed by atoms with van der Waals surface area (Å²) in [6, 6.07) is 1.34. The molecule has 0 amide bonds. The lowest BCUT2D eigenvalue weighted by Crippen LogP contribution is -2.42. The Kier molecular flexibility index (Phi) is 3.72. The number of fused-ring (bicyclic) bond motifs is 2. The maximum atomic E-state index is 6.37.